The van der Waals surface area contributed by atoms with Crippen LogP contribution in [0, 0.1) is 0 Å². The van der Waals surface area contributed by atoms with E-state index < -0.39 is 10.0 Å². The Hall–Kier alpha value is -0.440. The molecule has 0 radical (unpaired) electrons. The average molecular weight is 365 g/mol. The largest absolute Gasteiger partial charge is 0.304 e. The van der Waals surface area contributed by atoms with Gasteiger partial charge in [-0.2, -0.15) is 0 Å². The Morgan fingerprint density at radius 3 is 2.57 bits per heavy atom. The van der Waals surface area contributed by atoms with Crippen molar-refractivity contribution in [2.24, 2.45) is 0 Å². The molecule has 4 nitrogen and oxygen atoms in total. The molecule has 1 unspecified atom stereocenters. The van der Waals surface area contributed by atoms with E-state index in [0.717, 1.165) is 14.1 Å². The van der Waals surface area contributed by atoms with Gasteiger partial charge in [-0.25, -0.2) is 12.7 Å². The molecule has 0 bridgehead atoms. The van der Waals surface area contributed by atoms with Crippen LogP contribution in [0.15, 0.2) is 29.6 Å². The predicted octanol–water partition coefficient (Wildman–Crippen LogP) is 3.03. The number of rotatable bonds is 7. The molecule has 0 amide bonds. The van der Waals surface area contributed by atoms with E-state index in [2.05, 4.69) is 5.32 Å². The van der Waals surface area contributed by atoms with E-state index >= 15 is 0 Å². The third-order valence-corrected chi connectivity index (χ3v) is 7.04. The van der Waals surface area contributed by atoms with Crippen LogP contribution < -0.4 is 5.32 Å². The van der Waals surface area contributed by atoms with Crippen molar-refractivity contribution in [3.63, 3.8) is 0 Å². The Kier molecular flexibility index (Phi) is 5.81. The Morgan fingerprint density at radius 2 is 2.05 bits per heavy atom. The fraction of sp³-hybridized carbons (Fsp3) is 0.385. The van der Waals surface area contributed by atoms with Crippen molar-refractivity contribution in [3.05, 3.63) is 43.7 Å². The molecule has 0 spiro atoms. The van der Waals surface area contributed by atoms with Crippen molar-refractivity contribution in [1.82, 2.24) is 9.62 Å². The van der Waals surface area contributed by atoms with Crippen molar-refractivity contribution in [1.29, 1.82) is 0 Å². The zero-order chi connectivity index (χ0) is 15.5. The summed E-state index contributed by atoms with van der Waals surface area (Å²) in [5.74, 6) is 0.0704. The highest BCUT2D eigenvalue weighted by Gasteiger charge is 2.19. The first-order valence-corrected chi connectivity index (χ1v) is 10.0. The highest BCUT2D eigenvalue weighted by atomic mass is 35.5. The molecule has 2 aromatic rings. The third-order valence-electron chi connectivity index (χ3n) is 2.97. The first kappa shape index (κ1) is 16.9. The number of sulfonamides is 1. The minimum atomic E-state index is -3.19. The van der Waals surface area contributed by atoms with Gasteiger partial charge in [-0.3, -0.25) is 0 Å². The molecule has 0 aromatic carbocycles. The lowest BCUT2D eigenvalue weighted by molar-refractivity contribution is 0.515. The molecule has 0 aliphatic rings. The average Bonchev–Trinajstić information content (AvgIpc) is 3.06. The summed E-state index contributed by atoms with van der Waals surface area (Å²) in [7, 11) is -0.0946. The van der Waals surface area contributed by atoms with Crippen LogP contribution in [-0.4, -0.2) is 39.1 Å². The summed E-state index contributed by atoms with van der Waals surface area (Å²) in [6.07, 6.45) is 0. The van der Waals surface area contributed by atoms with Gasteiger partial charge < -0.3 is 5.32 Å². The maximum absolute atomic E-state index is 11.8. The number of hydrogen-bond donors (Lipinski definition) is 1. The van der Waals surface area contributed by atoms with Gasteiger partial charge in [0.1, 0.15) is 0 Å². The van der Waals surface area contributed by atoms with Crippen LogP contribution in [0.1, 0.15) is 15.8 Å². The second-order valence-corrected chi connectivity index (χ2v) is 9.67. The van der Waals surface area contributed by atoms with Crippen molar-refractivity contribution < 1.29 is 8.42 Å². The quantitative estimate of drug-likeness (QED) is 0.821. The molecule has 0 saturated heterocycles. The van der Waals surface area contributed by atoms with Crippen molar-refractivity contribution >= 4 is 44.3 Å². The monoisotopic (exact) mass is 364 g/mol. The highest BCUT2D eigenvalue weighted by molar-refractivity contribution is 7.89. The van der Waals surface area contributed by atoms with E-state index in [1.165, 1.54) is 15.6 Å². The van der Waals surface area contributed by atoms with E-state index in [9.17, 15) is 8.42 Å². The molecule has 21 heavy (non-hydrogen) atoms. The topological polar surface area (TPSA) is 49.4 Å². The van der Waals surface area contributed by atoms with Gasteiger partial charge >= 0.3 is 0 Å². The Balaban J connectivity index is 2.08. The maximum atomic E-state index is 11.8. The van der Waals surface area contributed by atoms with Gasteiger partial charge in [0.2, 0.25) is 10.0 Å². The lowest BCUT2D eigenvalue weighted by atomic mass is 10.2. The minimum Gasteiger partial charge on any atom is -0.304 e. The molecule has 0 aliphatic carbocycles. The number of hydrogen-bond acceptors (Lipinski definition) is 5. The number of thiophene rings is 2. The molecule has 0 saturated carbocycles. The molecule has 2 aromatic heterocycles. The summed E-state index contributed by atoms with van der Waals surface area (Å²) < 4.78 is 25.6. The molecule has 116 valence electrons. The van der Waals surface area contributed by atoms with Gasteiger partial charge in [0.15, 0.2) is 0 Å². The lowest BCUT2D eigenvalue weighted by Gasteiger charge is -2.17. The van der Waals surface area contributed by atoms with Crippen LogP contribution >= 0.6 is 34.3 Å². The predicted molar refractivity (Wildman–Crippen MR) is 91.0 cm³/mol. The summed E-state index contributed by atoms with van der Waals surface area (Å²) in [4.78, 5) is 2.24. The molecule has 1 N–H and O–H groups in total. The second-order valence-electron chi connectivity index (χ2n) is 4.64. The Bertz CT molecular complexity index is 665. The molecular formula is C13H17ClN2O2S3. The first-order chi connectivity index (χ1) is 9.90. The molecule has 2 rings (SSSR count). The summed E-state index contributed by atoms with van der Waals surface area (Å²) in [5.41, 5.74) is 0. The summed E-state index contributed by atoms with van der Waals surface area (Å²) >= 11 is 9.15. The van der Waals surface area contributed by atoms with Crippen molar-refractivity contribution in [3.8, 4) is 0 Å². The Labute approximate surface area is 138 Å². The molecular weight excluding hydrogens is 348 g/mol. The summed E-state index contributed by atoms with van der Waals surface area (Å²) in [5, 5.41) is 5.33. The second kappa shape index (κ2) is 7.21. The fourth-order valence-corrected chi connectivity index (χ4v) is 4.58. The number of nitrogens with zero attached hydrogens (tertiary/aromatic N) is 1. The van der Waals surface area contributed by atoms with Crippen molar-refractivity contribution in [2.45, 2.75) is 6.04 Å². The first-order valence-electron chi connectivity index (χ1n) is 6.32. The van der Waals surface area contributed by atoms with Gasteiger partial charge in [0.25, 0.3) is 0 Å². The zero-order valence-corrected chi connectivity index (χ0v) is 15.0. The van der Waals surface area contributed by atoms with E-state index in [-0.39, 0.29) is 11.8 Å². The van der Waals surface area contributed by atoms with Gasteiger partial charge in [-0.05, 0) is 23.6 Å². The summed E-state index contributed by atoms with van der Waals surface area (Å²) in [6, 6.07) is 7.85. The van der Waals surface area contributed by atoms with E-state index in [4.69, 9.17) is 11.6 Å². The van der Waals surface area contributed by atoms with Crippen LogP contribution in [0.5, 0.6) is 0 Å². The van der Waals surface area contributed by atoms with E-state index in [1.807, 2.05) is 29.6 Å². The molecule has 1 atom stereocenters. The smallest absolute Gasteiger partial charge is 0.214 e. The molecule has 0 fully saturated rings. The van der Waals surface area contributed by atoms with E-state index in [0.29, 0.717) is 6.54 Å². The SMILES string of the molecule is CN(C)S(=O)(=O)CCNC(c1cccs1)c1ccc(Cl)s1. The summed E-state index contributed by atoms with van der Waals surface area (Å²) in [6.45, 7) is 0.387. The van der Waals surface area contributed by atoms with Crippen LogP contribution in [0.25, 0.3) is 0 Å². The van der Waals surface area contributed by atoms with Gasteiger partial charge in [-0.15, -0.1) is 22.7 Å². The van der Waals surface area contributed by atoms with Gasteiger partial charge in [0.05, 0.1) is 16.1 Å². The van der Waals surface area contributed by atoms with Gasteiger partial charge in [-0.1, -0.05) is 17.7 Å². The Morgan fingerprint density at radius 1 is 1.29 bits per heavy atom. The molecule has 0 aliphatic heterocycles. The molecule has 2 heterocycles. The fourth-order valence-electron chi connectivity index (χ4n) is 1.80. The maximum Gasteiger partial charge on any atom is 0.214 e. The zero-order valence-electron chi connectivity index (χ0n) is 11.7. The van der Waals surface area contributed by atoms with Crippen molar-refractivity contribution in [2.75, 3.05) is 26.4 Å². The van der Waals surface area contributed by atoms with Crippen LogP contribution in [0.4, 0.5) is 0 Å². The third kappa shape index (κ3) is 4.51. The normalized spacial score (nSPS) is 13.7. The minimum absolute atomic E-state index is 0.0140. The standard InChI is InChI=1S/C13H17ClN2O2S3/c1-16(2)21(17,18)9-7-15-13(10-4-3-8-19-10)11-5-6-12(14)20-11/h3-6,8,13,15H,7,9H2,1-2H3. The van der Waals surface area contributed by atoms with Gasteiger partial charge in [0, 0.05) is 30.4 Å². The lowest BCUT2D eigenvalue weighted by Crippen LogP contribution is -2.32. The number of halogens is 1. The van der Waals surface area contributed by atoms with Crippen LogP contribution in [-0.2, 0) is 10.0 Å². The van der Waals surface area contributed by atoms with Crippen LogP contribution in [0.3, 0.4) is 0 Å². The highest BCUT2D eigenvalue weighted by Crippen LogP contribution is 2.32. The molecule has 8 heteroatoms. The van der Waals surface area contributed by atoms with Crippen LogP contribution in [0.2, 0.25) is 4.34 Å². The number of nitrogens with one attached hydrogen (secondary N) is 1. The van der Waals surface area contributed by atoms with E-state index in [1.54, 1.807) is 25.4 Å².